The second-order valence-corrected chi connectivity index (χ2v) is 13.5. The summed E-state index contributed by atoms with van der Waals surface area (Å²) in [5.74, 6) is 3.21. The van der Waals surface area contributed by atoms with E-state index in [1.807, 2.05) is 34.6 Å². The summed E-state index contributed by atoms with van der Waals surface area (Å²) in [6, 6.07) is 15.0. The Hall–Kier alpha value is -5.29. The van der Waals surface area contributed by atoms with E-state index in [1.165, 1.54) is 18.3 Å². The van der Waals surface area contributed by atoms with Crippen molar-refractivity contribution in [2.75, 3.05) is 19.8 Å². The number of halogens is 3. The van der Waals surface area contributed by atoms with Gasteiger partial charge in [-0.1, -0.05) is 66.7 Å². The molecule has 5 rings (SSSR count). The third-order valence-electron chi connectivity index (χ3n) is 6.57. The summed E-state index contributed by atoms with van der Waals surface area (Å²) in [6.07, 6.45) is 5.90. The maximum Gasteiger partial charge on any atom is 0.442 e. The lowest BCUT2D eigenvalue weighted by Crippen LogP contribution is -2.27. The van der Waals surface area contributed by atoms with Crippen molar-refractivity contribution in [2.24, 2.45) is 5.16 Å². The molecule has 5 aromatic rings. The minimum absolute atomic E-state index is 0.0434. The molecule has 2 heterocycles. The zero-order chi connectivity index (χ0) is 38.7. The second kappa shape index (κ2) is 18.5. The molecule has 0 N–H and O–H groups in total. The standard InChI is InChI=1S/C22H22ClN3O5.C15H14Cl2N2O3/c1-14(2)26-29-11-10-28-22(27)15(3)30-17-5-7-18(8-6-17)31-21-13-24-20-12-16(23)4-9-19(20)25-21;1-5-6-21-12-8-11(9(16)7-10(12)17)19-14(20)22-13(18-19)15(2,3)4/h4-9,12-13,15H,10-11H2,1-3H3;1,7-8H,6H2,2-4H3/t15-;/m1./s1. The van der Waals surface area contributed by atoms with E-state index in [4.69, 9.17) is 69.4 Å². The maximum absolute atomic E-state index is 12.0. The van der Waals surface area contributed by atoms with Crippen LogP contribution in [0.2, 0.25) is 15.1 Å². The number of rotatable bonds is 12. The van der Waals surface area contributed by atoms with Crippen LogP contribution in [-0.4, -0.2) is 57.4 Å². The number of ether oxygens (including phenoxy) is 4. The predicted molar refractivity (Wildman–Crippen MR) is 202 cm³/mol. The molecule has 0 saturated carbocycles. The van der Waals surface area contributed by atoms with E-state index in [0.717, 1.165) is 10.4 Å². The Balaban J connectivity index is 0.000000251. The molecule has 3 aromatic carbocycles. The number of fused-ring (bicyclic) bond motifs is 1. The smallest absolute Gasteiger partial charge is 0.442 e. The molecule has 16 heteroatoms. The molecular formula is C37H36Cl3N5O8. The van der Waals surface area contributed by atoms with E-state index in [1.54, 1.807) is 49.4 Å². The quantitative estimate of drug-likeness (QED) is 0.0396. The average Bonchev–Trinajstić information content (AvgIpc) is 3.50. The number of terminal acetylenes is 1. The van der Waals surface area contributed by atoms with E-state index in [2.05, 4.69) is 26.1 Å². The molecule has 0 spiro atoms. The first-order chi connectivity index (χ1) is 25.1. The molecule has 0 radical (unpaired) electrons. The summed E-state index contributed by atoms with van der Waals surface area (Å²) >= 11 is 18.1. The Labute approximate surface area is 320 Å². The van der Waals surface area contributed by atoms with E-state index in [9.17, 15) is 9.59 Å². The van der Waals surface area contributed by atoms with Crippen LogP contribution in [0.5, 0.6) is 23.1 Å². The van der Waals surface area contributed by atoms with Crippen molar-refractivity contribution in [3.05, 3.63) is 92.3 Å². The first-order valence-corrected chi connectivity index (χ1v) is 17.1. The fourth-order valence-corrected chi connectivity index (χ4v) is 4.78. The lowest BCUT2D eigenvalue weighted by atomic mass is 9.97. The number of carbonyl (C=O) groups is 1. The highest BCUT2D eigenvalue weighted by Crippen LogP contribution is 2.33. The van der Waals surface area contributed by atoms with Crippen molar-refractivity contribution in [3.63, 3.8) is 0 Å². The van der Waals surface area contributed by atoms with E-state index < -0.39 is 23.2 Å². The van der Waals surface area contributed by atoms with Gasteiger partial charge in [0.25, 0.3) is 0 Å². The minimum atomic E-state index is -0.777. The third-order valence-corrected chi connectivity index (χ3v) is 7.40. The van der Waals surface area contributed by atoms with Gasteiger partial charge in [0.2, 0.25) is 11.8 Å². The molecule has 0 unspecified atom stereocenters. The summed E-state index contributed by atoms with van der Waals surface area (Å²) in [6.45, 7) is 11.2. The zero-order valence-corrected chi connectivity index (χ0v) is 32.0. The monoisotopic (exact) mass is 783 g/mol. The summed E-state index contributed by atoms with van der Waals surface area (Å²) in [4.78, 5) is 37.7. The number of hydrogen-bond donors (Lipinski definition) is 0. The van der Waals surface area contributed by atoms with Crippen LogP contribution in [0, 0.1) is 12.3 Å². The molecule has 0 aliphatic carbocycles. The largest absolute Gasteiger partial charge is 0.479 e. The predicted octanol–water partition coefficient (Wildman–Crippen LogP) is 8.24. The molecule has 53 heavy (non-hydrogen) atoms. The van der Waals surface area contributed by atoms with Crippen LogP contribution >= 0.6 is 34.8 Å². The number of aromatic nitrogens is 4. The Morgan fingerprint density at radius 3 is 2.38 bits per heavy atom. The summed E-state index contributed by atoms with van der Waals surface area (Å²) < 4.78 is 28.0. The van der Waals surface area contributed by atoms with Gasteiger partial charge in [-0.25, -0.2) is 19.6 Å². The molecule has 278 valence electrons. The van der Waals surface area contributed by atoms with Gasteiger partial charge in [0.05, 0.1) is 38.7 Å². The van der Waals surface area contributed by atoms with Crippen LogP contribution in [0.3, 0.4) is 0 Å². The normalized spacial score (nSPS) is 11.4. The van der Waals surface area contributed by atoms with Gasteiger partial charge in [-0.2, -0.15) is 4.68 Å². The van der Waals surface area contributed by atoms with Crippen molar-refractivity contribution in [1.82, 2.24) is 19.7 Å². The third kappa shape index (κ3) is 11.9. The molecular weight excluding hydrogens is 749 g/mol. The highest BCUT2D eigenvalue weighted by molar-refractivity contribution is 6.36. The van der Waals surface area contributed by atoms with Crippen LogP contribution < -0.4 is 20.0 Å². The Morgan fingerprint density at radius 1 is 1.00 bits per heavy atom. The minimum Gasteiger partial charge on any atom is -0.479 e. The fraction of sp³-hybridized carbons (Fsp3) is 0.297. The summed E-state index contributed by atoms with van der Waals surface area (Å²) in [5, 5.41) is 9.06. The van der Waals surface area contributed by atoms with Gasteiger partial charge < -0.3 is 28.2 Å². The Kier molecular flexibility index (Phi) is 14.1. The molecule has 1 atom stereocenters. The number of esters is 1. The lowest BCUT2D eigenvalue weighted by molar-refractivity contribution is -0.152. The molecule has 0 saturated heterocycles. The van der Waals surface area contributed by atoms with Crippen LogP contribution in [0.4, 0.5) is 0 Å². The second-order valence-electron chi connectivity index (χ2n) is 12.3. The molecule has 0 bridgehead atoms. The highest BCUT2D eigenvalue weighted by atomic mass is 35.5. The van der Waals surface area contributed by atoms with Crippen LogP contribution in [0.1, 0.15) is 47.4 Å². The van der Waals surface area contributed by atoms with Crippen LogP contribution in [0.25, 0.3) is 16.7 Å². The van der Waals surface area contributed by atoms with Gasteiger partial charge >= 0.3 is 11.7 Å². The van der Waals surface area contributed by atoms with Crippen molar-refractivity contribution >= 4 is 57.5 Å². The van der Waals surface area contributed by atoms with Crippen molar-refractivity contribution in [2.45, 2.75) is 53.1 Å². The lowest BCUT2D eigenvalue weighted by Gasteiger charge is -2.14. The van der Waals surface area contributed by atoms with Crippen LogP contribution in [-0.2, 0) is 19.8 Å². The summed E-state index contributed by atoms with van der Waals surface area (Å²) in [5.41, 5.74) is 2.04. The maximum atomic E-state index is 12.0. The molecule has 0 aliphatic heterocycles. The molecule has 2 aromatic heterocycles. The number of nitrogens with zero attached hydrogens (tertiary/aromatic N) is 5. The highest BCUT2D eigenvalue weighted by Gasteiger charge is 2.24. The van der Waals surface area contributed by atoms with Crippen molar-refractivity contribution in [3.8, 4) is 41.2 Å². The molecule has 0 aliphatic rings. The Bertz CT molecular complexity index is 2170. The molecule has 0 fully saturated rings. The van der Waals surface area contributed by atoms with Gasteiger partial charge in [-0.15, -0.1) is 11.5 Å². The van der Waals surface area contributed by atoms with Crippen molar-refractivity contribution in [1.29, 1.82) is 0 Å². The average molecular weight is 785 g/mol. The topological polar surface area (TPSA) is 149 Å². The van der Waals surface area contributed by atoms with E-state index in [-0.39, 0.29) is 29.9 Å². The number of oxime groups is 1. The first-order valence-electron chi connectivity index (χ1n) is 16.0. The van der Waals surface area contributed by atoms with Crippen LogP contribution in [0.15, 0.2) is 75.2 Å². The van der Waals surface area contributed by atoms with E-state index >= 15 is 0 Å². The fourth-order valence-electron chi connectivity index (χ4n) is 4.09. The Morgan fingerprint density at radius 2 is 1.72 bits per heavy atom. The van der Waals surface area contributed by atoms with E-state index in [0.29, 0.717) is 50.8 Å². The van der Waals surface area contributed by atoms with Gasteiger partial charge in [-0.05, 0) is 69.3 Å². The number of carbonyl (C=O) groups excluding carboxylic acids is 1. The van der Waals surface area contributed by atoms with Gasteiger partial charge in [0, 0.05) is 16.5 Å². The zero-order valence-electron chi connectivity index (χ0n) is 29.7. The SMILES string of the molecule is C#CCOc1cc(-n2nc(C(C)(C)C)oc2=O)c(Cl)cc1Cl.CC(C)=NOCCOC(=O)[C@@H](C)Oc1ccc(Oc2cnc3cc(Cl)ccc3n2)cc1. The van der Waals surface area contributed by atoms with Gasteiger partial charge in [-0.3, -0.25) is 0 Å². The van der Waals surface area contributed by atoms with Gasteiger partial charge in [0.15, 0.2) is 12.7 Å². The number of benzene rings is 3. The van der Waals surface area contributed by atoms with Gasteiger partial charge in [0.1, 0.15) is 30.5 Å². The molecule has 0 amide bonds. The number of hydrogen-bond acceptors (Lipinski definition) is 12. The molecule has 13 nitrogen and oxygen atoms in total. The first kappa shape index (κ1) is 40.5. The van der Waals surface area contributed by atoms with Crippen molar-refractivity contribution < 1.29 is 33.0 Å². The summed E-state index contributed by atoms with van der Waals surface area (Å²) in [7, 11) is 0.